The van der Waals surface area contributed by atoms with Gasteiger partial charge in [0.2, 0.25) is 15.9 Å². The van der Waals surface area contributed by atoms with Crippen molar-refractivity contribution in [2.75, 3.05) is 20.1 Å². The van der Waals surface area contributed by atoms with Gasteiger partial charge in [-0.15, -0.1) is 12.4 Å². The van der Waals surface area contributed by atoms with Crippen LogP contribution in [0.5, 0.6) is 0 Å². The molecular formula is C22H29Cl2N3O3S. The average molecular weight is 486 g/mol. The van der Waals surface area contributed by atoms with Gasteiger partial charge in [0.25, 0.3) is 0 Å². The van der Waals surface area contributed by atoms with Crippen molar-refractivity contribution in [2.24, 2.45) is 5.73 Å². The third-order valence-electron chi connectivity index (χ3n) is 6.12. The van der Waals surface area contributed by atoms with Crippen LogP contribution in [0.15, 0.2) is 53.4 Å². The first-order valence-corrected chi connectivity index (χ1v) is 11.9. The first kappa shape index (κ1) is 25.6. The van der Waals surface area contributed by atoms with Gasteiger partial charge in [0.15, 0.2) is 0 Å². The Labute approximate surface area is 195 Å². The van der Waals surface area contributed by atoms with Crippen molar-refractivity contribution in [1.82, 2.24) is 9.62 Å². The molecular weight excluding hydrogens is 457 g/mol. The fourth-order valence-corrected chi connectivity index (χ4v) is 5.70. The smallest absolute Gasteiger partial charge is 0.241 e. The van der Waals surface area contributed by atoms with Crippen molar-refractivity contribution in [2.45, 2.75) is 42.5 Å². The van der Waals surface area contributed by atoms with Gasteiger partial charge in [-0.3, -0.25) is 9.69 Å². The van der Waals surface area contributed by atoms with Gasteiger partial charge in [-0.25, -0.2) is 13.1 Å². The Bertz CT molecular complexity index is 1010. The number of nitrogens with one attached hydrogen (secondary N) is 1. The SMILES string of the molecule is CNS(=O)(=O)c1cc(C(C)(C(CC(N)=O)c2ccccc2)N2CCCC2)ccc1Cl.Cl. The molecule has 0 spiro atoms. The molecule has 6 nitrogen and oxygen atoms in total. The minimum atomic E-state index is -3.74. The monoisotopic (exact) mass is 485 g/mol. The number of carbonyl (C=O) groups is 1. The lowest BCUT2D eigenvalue weighted by atomic mass is 9.72. The Morgan fingerprint density at radius 3 is 2.35 bits per heavy atom. The van der Waals surface area contributed by atoms with Gasteiger partial charge >= 0.3 is 0 Å². The molecule has 0 saturated carbocycles. The molecule has 1 saturated heterocycles. The lowest BCUT2D eigenvalue weighted by molar-refractivity contribution is -0.119. The molecule has 3 N–H and O–H groups in total. The van der Waals surface area contributed by atoms with Crippen LogP contribution in [0.2, 0.25) is 5.02 Å². The van der Waals surface area contributed by atoms with Crippen LogP contribution in [0.4, 0.5) is 0 Å². The van der Waals surface area contributed by atoms with Crippen LogP contribution in [0.1, 0.15) is 43.2 Å². The number of benzene rings is 2. The van der Waals surface area contributed by atoms with E-state index in [1.807, 2.05) is 36.4 Å². The van der Waals surface area contributed by atoms with Gasteiger partial charge in [0.05, 0.1) is 10.6 Å². The molecule has 170 valence electrons. The van der Waals surface area contributed by atoms with E-state index in [2.05, 4.69) is 16.5 Å². The molecule has 2 aromatic rings. The van der Waals surface area contributed by atoms with E-state index >= 15 is 0 Å². The van der Waals surface area contributed by atoms with E-state index in [-0.39, 0.29) is 34.7 Å². The number of primary amides is 1. The summed E-state index contributed by atoms with van der Waals surface area (Å²) in [6, 6.07) is 14.9. The summed E-state index contributed by atoms with van der Waals surface area (Å²) in [4.78, 5) is 14.4. The minimum Gasteiger partial charge on any atom is -0.370 e. The topological polar surface area (TPSA) is 92.5 Å². The van der Waals surface area contributed by atoms with Crippen LogP contribution in [0.25, 0.3) is 0 Å². The number of rotatable bonds is 8. The molecule has 0 aromatic heterocycles. The summed E-state index contributed by atoms with van der Waals surface area (Å²) in [6.45, 7) is 3.78. The summed E-state index contributed by atoms with van der Waals surface area (Å²) in [6.07, 6.45) is 2.24. The number of halogens is 2. The Morgan fingerprint density at radius 2 is 1.81 bits per heavy atom. The highest BCUT2D eigenvalue weighted by Gasteiger charge is 2.44. The number of amides is 1. The maximum absolute atomic E-state index is 12.6. The molecule has 1 fully saturated rings. The van der Waals surface area contributed by atoms with Crippen molar-refractivity contribution >= 4 is 39.9 Å². The highest BCUT2D eigenvalue weighted by molar-refractivity contribution is 7.89. The molecule has 31 heavy (non-hydrogen) atoms. The predicted molar refractivity (Wildman–Crippen MR) is 126 cm³/mol. The summed E-state index contributed by atoms with van der Waals surface area (Å²) in [7, 11) is -2.38. The molecule has 1 aliphatic rings. The molecule has 1 amide bonds. The van der Waals surface area contributed by atoms with Crippen molar-refractivity contribution in [1.29, 1.82) is 0 Å². The zero-order valence-electron chi connectivity index (χ0n) is 17.7. The van der Waals surface area contributed by atoms with Gasteiger partial charge in [-0.1, -0.05) is 48.0 Å². The van der Waals surface area contributed by atoms with E-state index in [0.29, 0.717) is 0 Å². The maximum atomic E-state index is 12.6. The molecule has 0 radical (unpaired) electrons. The van der Waals surface area contributed by atoms with Gasteiger partial charge in [0.1, 0.15) is 4.90 Å². The van der Waals surface area contributed by atoms with Crippen LogP contribution >= 0.6 is 24.0 Å². The number of hydrogen-bond donors (Lipinski definition) is 2. The fraction of sp³-hybridized carbons (Fsp3) is 0.409. The molecule has 3 rings (SSSR count). The first-order chi connectivity index (χ1) is 14.2. The van der Waals surface area contributed by atoms with E-state index in [1.54, 1.807) is 12.1 Å². The van der Waals surface area contributed by atoms with E-state index < -0.39 is 21.5 Å². The standard InChI is InChI=1S/C22H28ClN3O3S.ClH/c1-22(26-12-6-7-13-26,18(15-21(24)27)16-8-4-3-5-9-16)17-10-11-19(23)20(14-17)30(28,29)25-2;/h3-5,8-11,14,18,25H,6-7,12-13,15H2,1-2H3,(H2,24,27);1H. The molecule has 2 aromatic carbocycles. The molecule has 9 heteroatoms. The highest BCUT2D eigenvalue weighted by Crippen LogP contribution is 2.46. The van der Waals surface area contributed by atoms with Gasteiger partial charge in [0, 0.05) is 12.3 Å². The molecule has 1 heterocycles. The van der Waals surface area contributed by atoms with Crippen LogP contribution in [0, 0.1) is 0 Å². The largest absolute Gasteiger partial charge is 0.370 e. The van der Waals surface area contributed by atoms with E-state index in [1.165, 1.54) is 7.05 Å². The summed E-state index contributed by atoms with van der Waals surface area (Å²) in [5.41, 5.74) is 6.80. The summed E-state index contributed by atoms with van der Waals surface area (Å²) in [5.74, 6) is -0.646. The van der Waals surface area contributed by atoms with Crippen LogP contribution < -0.4 is 10.5 Å². The maximum Gasteiger partial charge on any atom is 0.241 e. The van der Waals surface area contributed by atoms with E-state index in [0.717, 1.165) is 37.1 Å². The third-order valence-corrected chi connectivity index (χ3v) is 8.02. The fourth-order valence-electron chi connectivity index (χ4n) is 4.45. The molecule has 0 aliphatic carbocycles. The summed E-state index contributed by atoms with van der Waals surface area (Å²) < 4.78 is 27.5. The number of sulfonamides is 1. The van der Waals surface area contributed by atoms with Gasteiger partial charge < -0.3 is 5.73 Å². The lowest BCUT2D eigenvalue weighted by Gasteiger charge is -2.45. The molecule has 0 bridgehead atoms. The Kier molecular flexibility index (Phi) is 8.53. The number of nitrogens with zero attached hydrogens (tertiary/aromatic N) is 1. The van der Waals surface area contributed by atoms with E-state index in [9.17, 15) is 13.2 Å². The average Bonchev–Trinajstić information content (AvgIpc) is 3.27. The molecule has 2 atom stereocenters. The number of nitrogens with two attached hydrogens (primary N) is 1. The van der Waals surface area contributed by atoms with Gasteiger partial charge in [-0.05, 0) is 63.2 Å². The third kappa shape index (κ3) is 5.23. The number of likely N-dealkylation sites (tertiary alicyclic amines) is 1. The van der Waals surface area contributed by atoms with Crippen LogP contribution in [-0.4, -0.2) is 39.4 Å². The van der Waals surface area contributed by atoms with Crippen molar-refractivity contribution in [3.63, 3.8) is 0 Å². The van der Waals surface area contributed by atoms with Crippen molar-refractivity contribution < 1.29 is 13.2 Å². The molecule has 1 aliphatic heterocycles. The Morgan fingerprint density at radius 1 is 1.19 bits per heavy atom. The Hall–Kier alpha value is -1.64. The highest BCUT2D eigenvalue weighted by atomic mass is 35.5. The zero-order chi connectivity index (χ0) is 21.9. The van der Waals surface area contributed by atoms with Gasteiger partial charge in [-0.2, -0.15) is 0 Å². The number of hydrogen-bond acceptors (Lipinski definition) is 4. The summed E-state index contributed by atoms with van der Waals surface area (Å²) in [5, 5.41) is 0.156. The normalized spacial score (nSPS) is 17.5. The molecule has 2 unspecified atom stereocenters. The Balaban J connectivity index is 0.00000341. The van der Waals surface area contributed by atoms with Crippen molar-refractivity contribution in [3.05, 3.63) is 64.7 Å². The van der Waals surface area contributed by atoms with Crippen LogP contribution in [-0.2, 0) is 20.4 Å². The summed E-state index contributed by atoms with van der Waals surface area (Å²) >= 11 is 6.24. The zero-order valence-corrected chi connectivity index (χ0v) is 20.1. The number of carbonyl (C=O) groups excluding carboxylic acids is 1. The second kappa shape index (κ2) is 10.3. The lowest BCUT2D eigenvalue weighted by Crippen LogP contribution is -2.48. The predicted octanol–water partition coefficient (Wildman–Crippen LogP) is 3.64. The minimum absolute atomic E-state index is 0. The van der Waals surface area contributed by atoms with Crippen LogP contribution in [0.3, 0.4) is 0 Å². The first-order valence-electron chi connectivity index (χ1n) is 10.0. The second-order valence-electron chi connectivity index (χ2n) is 7.83. The second-order valence-corrected chi connectivity index (χ2v) is 10.1. The quantitative estimate of drug-likeness (QED) is 0.596. The van der Waals surface area contributed by atoms with Crippen molar-refractivity contribution in [3.8, 4) is 0 Å². The van der Waals surface area contributed by atoms with E-state index in [4.69, 9.17) is 17.3 Å².